The Bertz CT molecular complexity index is 622. The summed E-state index contributed by atoms with van der Waals surface area (Å²) >= 11 is 6.07. The minimum atomic E-state index is 0.639. The fourth-order valence-corrected chi connectivity index (χ4v) is 4.00. The normalized spacial score (nSPS) is 25.4. The summed E-state index contributed by atoms with van der Waals surface area (Å²) in [6.45, 7) is 3.32. The predicted molar refractivity (Wildman–Crippen MR) is 79.9 cm³/mol. The number of H-pyrrole nitrogens is 1. The Labute approximate surface area is 123 Å². The zero-order valence-electron chi connectivity index (χ0n) is 11.3. The molecule has 1 aliphatic carbocycles. The van der Waals surface area contributed by atoms with E-state index in [1.165, 1.54) is 36.2 Å². The second kappa shape index (κ2) is 4.90. The number of aryl methyl sites for hydroxylation is 1. The van der Waals surface area contributed by atoms with Crippen LogP contribution in [0.25, 0.3) is 0 Å². The molecule has 1 saturated heterocycles. The highest BCUT2D eigenvalue weighted by Crippen LogP contribution is 2.40. The molecule has 1 N–H and O–H groups in total. The van der Waals surface area contributed by atoms with Crippen LogP contribution >= 0.6 is 11.6 Å². The molecular formula is C16H18ClN3. The first-order valence-electron chi connectivity index (χ1n) is 7.28. The topological polar surface area (TPSA) is 31.9 Å². The van der Waals surface area contributed by atoms with E-state index in [0.717, 1.165) is 24.0 Å². The monoisotopic (exact) mass is 287 g/mol. The summed E-state index contributed by atoms with van der Waals surface area (Å²) in [7, 11) is 0. The first-order chi connectivity index (χ1) is 9.79. The number of benzene rings is 1. The number of likely N-dealkylation sites (tertiary alicyclic amines) is 1. The average Bonchev–Trinajstić information content (AvgIpc) is 3.02. The van der Waals surface area contributed by atoms with Crippen LogP contribution in [0.15, 0.2) is 30.5 Å². The van der Waals surface area contributed by atoms with Gasteiger partial charge in [-0.2, -0.15) is 5.10 Å². The van der Waals surface area contributed by atoms with E-state index in [1.807, 2.05) is 18.3 Å². The fraction of sp³-hybridized carbons (Fsp3) is 0.438. The fourth-order valence-electron chi connectivity index (χ4n) is 3.78. The van der Waals surface area contributed by atoms with E-state index in [4.69, 9.17) is 11.6 Å². The SMILES string of the molecule is Clc1cccc(CN2C[C@H]3CCc4cn[nH]c4[C@H]3C2)c1. The predicted octanol–water partition coefficient (Wildman–Crippen LogP) is 3.22. The first kappa shape index (κ1) is 12.4. The molecule has 104 valence electrons. The van der Waals surface area contributed by atoms with E-state index in [-0.39, 0.29) is 0 Å². The first-order valence-corrected chi connectivity index (χ1v) is 7.66. The van der Waals surface area contributed by atoms with Gasteiger partial charge in [0.05, 0.1) is 6.20 Å². The Hall–Kier alpha value is -1.32. The van der Waals surface area contributed by atoms with Crippen molar-refractivity contribution in [1.82, 2.24) is 15.1 Å². The van der Waals surface area contributed by atoms with Crippen molar-refractivity contribution in [3.05, 3.63) is 52.3 Å². The third-order valence-electron chi connectivity index (χ3n) is 4.72. The molecule has 1 aromatic carbocycles. The molecule has 2 aliphatic rings. The largest absolute Gasteiger partial charge is 0.298 e. The number of fused-ring (bicyclic) bond motifs is 3. The van der Waals surface area contributed by atoms with Crippen molar-refractivity contribution in [2.75, 3.05) is 13.1 Å². The Morgan fingerprint density at radius 3 is 3.20 bits per heavy atom. The number of aromatic amines is 1. The molecule has 0 amide bonds. The molecule has 4 rings (SSSR count). The van der Waals surface area contributed by atoms with Crippen molar-refractivity contribution < 1.29 is 0 Å². The lowest BCUT2D eigenvalue weighted by atomic mass is 9.81. The highest BCUT2D eigenvalue weighted by atomic mass is 35.5. The Morgan fingerprint density at radius 2 is 2.30 bits per heavy atom. The van der Waals surface area contributed by atoms with Crippen LogP contribution in [-0.2, 0) is 13.0 Å². The van der Waals surface area contributed by atoms with Crippen LogP contribution in [-0.4, -0.2) is 28.2 Å². The van der Waals surface area contributed by atoms with Gasteiger partial charge in [-0.05, 0) is 42.0 Å². The maximum absolute atomic E-state index is 6.07. The molecule has 1 aromatic heterocycles. The summed E-state index contributed by atoms with van der Waals surface area (Å²) in [5.41, 5.74) is 4.12. The van der Waals surface area contributed by atoms with Gasteiger partial charge >= 0.3 is 0 Å². The van der Waals surface area contributed by atoms with Gasteiger partial charge < -0.3 is 0 Å². The quantitative estimate of drug-likeness (QED) is 0.920. The lowest BCUT2D eigenvalue weighted by Crippen LogP contribution is -2.20. The number of rotatable bonds is 2. The van der Waals surface area contributed by atoms with E-state index in [0.29, 0.717) is 5.92 Å². The van der Waals surface area contributed by atoms with Gasteiger partial charge in [0.2, 0.25) is 0 Å². The maximum atomic E-state index is 6.07. The van der Waals surface area contributed by atoms with Gasteiger partial charge in [-0.25, -0.2) is 0 Å². The molecular weight excluding hydrogens is 270 g/mol. The van der Waals surface area contributed by atoms with E-state index in [9.17, 15) is 0 Å². The van der Waals surface area contributed by atoms with Gasteiger partial charge in [0, 0.05) is 36.3 Å². The van der Waals surface area contributed by atoms with Gasteiger partial charge in [0.25, 0.3) is 0 Å². The zero-order valence-corrected chi connectivity index (χ0v) is 12.1. The van der Waals surface area contributed by atoms with Crippen LogP contribution in [0.5, 0.6) is 0 Å². The van der Waals surface area contributed by atoms with Gasteiger partial charge in [0.1, 0.15) is 0 Å². The molecule has 0 bridgehead atoms. The van der Waals surface area contributed by atoms with Crippen molar-refractivity contribution in [2.24, 2.45) is 5.92 Å². The molecule has 2 heterocycles. The van der Waals surface area contributed by atoms with Crippen LogP contribution < -0.4 is 0 Å². The number of aromatic nitrogens is 2. The second-order valence-corrected chi connectivity index (χ2v) is 6.47. The van der Waals surface area contributed by atoms with Crippen LogP contribution in [0.4, 0.5) is 0 Å². The Balaban J connectivity index is 1.51. The summed E-state index contributed by atoms with van der Waals surface area (Å²) in [4.78, 5) is 2.55. The summed E-state index contributed by atoms with van der Waals surface area (Å²) in [5.74, 6) is 1.42. The summed E-state index contributed by atoms with van der Waals surface area (Å²) in [6, 6.07) is 8.21. The molecule has 1 aliphatic heterocycles. The number of hydrogen-bond donors (Lipinski definition) is 1. The van der Waals surface area contributed by atoms with Crippen molar-refractivity contribution in [3.63, 3.8) is 0 Å². The van der Waals surface area contributed by atoms with Crippen molar-refractivity contribution in [1.29, 1.82) is 0 Å². The zero-order chi connectivity index (χ0) is 13.5. The van der Waals surface area contributed by atoms with E-state index < -0.39 is 0 Å². The number of nitrogens with one attached hydrogen (secondary N) is 1. The number of nitrogens with zero attached hydrogens (tertiary/aromatic N) is 2. The highest BCUT2D eigenvalue weighted by molar-refractivity contribution is 6.30. The molecule has 1 fully saturated rings. The van der Waals surface area contributed by atoms with Crippen molar-refractivity contribution in [3.8, 4) is 0 Å². The molecule has 0 spiro atoms. The summed E-state index contributed by atoms with van der Waals surface area (Å²) in [6.07, 6.45) is 4.48. The molecule has 0 radical (unpaired) electrons. The van der Waals surface area contributed by atoms with Crippen LogP contribution in [0.3, 0.4) is 0 Å². The van der Waals surface area contributed by atoms with Gasteiger partial charge in [-0.1, -0.05) is 23.7 Å². The molecule has 4 heteroatoms. The molecule has 20 heavy (non-hydrogen) atoms. The third kappa shape index (κ3) is 2.15. The van der Waals surface area contributed by atoms with Crippen LogP contribution in [0.2, 0.25) is 5.02 Å². The Kier molecular flexibility index (Phi) is 3.04. The molecule has 0 unspecified atom stereocenters. The summed E-state index contributed by atoms with van der Waals surface area (Å²) in [5, 5.41) is 8.28. The molecule has 0 saturated carbocycles. The highest BCUT2D eigenvalue weighted by Gasteiger charge is 2.38. The second-order valence-electron chi connectivity index (χ2n) is 6.04. The smallest absolute Gasteiger partial charge is 0.0522 e. The number of hydrogen-bond acceptors (Lipinski definition) is 2. The lowest BCUT2D eigenvalue weighted by molar-refractivity contribution is 0.313. The van der Waals surface area contributed by atoms with Gasteiger partial charge in [0.15, 0.2) is 0 Å². The standard InChI is InChI=1S/C16H18ClN3/c17-14-3-1-2-11(6-14)8-20-9-13-5-4-12-7-18-19-16(12)15(13)10-20/h1-3,6-7,13,15H,4-5,8-10H2,(H,18,19)/t13-,15+/m1/s1. The van der Waals surface area contributed by atoms with Gasteiger partial charge in [-0.15, -0.1) is 0 Å². The average molecular weight is 288 g/mol. The van der Waals surface area contributed by atoms with E-state index >= 15 is 0 Å². The van der Waals surface area contributed by atoms with Crippen molar-refractivity contribution in [2.45, 2.75) is 25.3 Å². The van der Waals surface area contributed by atoms with Gasteiger partial charge in [-0.3, -0.25) is 10.00 Å². The summed E-state index contributed by atoms with van der Waals surface area (Å²) < 4.78 is 0. The van der Waals surface area contributed by atoms with E-state index in [1.54, 1.807) is 0 Å². The third-order valence-corrected chi connectivity index (χ3v) is 4.95. The molecule has 3 nitrogen and oxygen atoms in total. The van der Waals surface area contributed by atoms with Crippen LogP contribution in [0, 0.1) is 5.92 Å². The Morgan fingerprint density at radius 1 is 1.35 bits per heavy atom. The maximum Gasteiger partial charge on any atom is 0.0522 e. The minimum Gasteiger partial charge on any atom is -0.298 e. The van der Waals surface area contributed by atoms with Crippen LogP contribution in [0.1, 0.15) is 29.2 Å². The number of halogens is 1. The molecule has 2 aromatic rings. The minimum absolute atomic E-state index is 0.639. The molecule has 2 atom stereocenters. The van der Waals surface area contributed by atoms with Crippen molar-refractivity contribution >= 4 is 11.6 Å². The lowest BCUT2D eigenvalue weighted by Gasteiger charge is -2.23. The van der Waals surface area contributed by atoms with E-state index in [2.05, 4.69) is 27.2 Å².